The minimum absolute atomic E-state index is 0.0447. The van der Waals surface area contributed by atoms with Gasteiger partial charge in [0.05, 0.1) is 30.3 Å². The van der Waals surface area contributed by atoms with Gasteiger partial charge in [0.15, 0.2) is 0 Å². The molecule has 2 atom stereocenters. The number of aromatic nitrogens is 2. The lowest BCUT2D eigenvalue weighted by atomic mass is 10.0. The summed E-state index contributed by atoms with van der Waals surface area (Å²) in [6.45, 7) is 8.53. The molecule has 6 nitrogen and oxygen atoms in total. The Morgan fingerprint density at radius 1 is 0.861 bits per heavy atom. The number of aryl methyl sites for hydroxylation is 2. The molecule has 3 aromatic carbocycles. The number of carbonyl (C=O) groups is 1. The lowest BCUT2D eigenvalue weighted by Crippen LogP contribution is -2.46. The number of morpholine rings is 1. The van der Waals surface area contributed by atoms with Crippen LogP contribution >= 0.6 is 0 Å². The maximum Gasteiger partial charge on any atom is 0.246 e. The Morgan fingerprint density at radius 2 is 1.42 bits per heavy atom. The molecule has 36 heavy (non-hydrogen) atoms. The molecule has 0 aliphatic carbocycles. The van der Waals surface area contributed by atoms with Crippen LogP contribution in [0.5, 0.6) is 0 Å². The highest BCUT2D eigenvalue weighted by Gasteiger charge is 2.31. The molecule has 1 aliphatic heterocycles. The predicted octanol–water partition coefficient (Wildman–Crippen LogP) is 4.79. The van der Waals surface area contributed by atoms with Gasteiger partial charge in [-0.25, -0.2) is 0 Å². The van der Waals surface area contributed by atoms with E-state index >= 15 is 0 Å². The minimum Gasteiger partial charge on any atom is -0.378 e. The highest BCUT2D eigenvalue weighted by Crippen LogP contribution is 2.27. The van der Waals surface area contributed by atoms with Gasteiger partial charge in [-0.1, -0.05) is 71.8 Å². The van der Waals surface area contributed by atoms with Crippen LogP contribution in [-0.2, 0) is 16.0 Å². The fourth-order valence-electron chi connectivity index (χ4n) is 5.15. The zero-order valence-corrected chi connectivity index (χ0v) is 21.3. The second-order valence-corrected chi connectivity index (χ2v) is 9.78. The third-order valence-corrected chi connectivity index (χ3v) is 7.27. The Bertz CT molecular complexity index is 1410. The van der Waals surface area contributed by atoms with Crippen molar-refractivity contribution in [2.45, 2.75) is 39.3 Å². The van der Waals surface area contributed by atoms with Crippen LogP contribution in [0.2, 0.25) is 0 Å². The number of hydrogen-bond acceptors (Lipinski definition) is 3. The zero-order valence-electron chi connectivity index (χ0n) is 21.3. The number of para-hydroxylation sites is 2. The highest BCUT2D eigenvalue weighted by atomic mass is 16.5. The van der Waals surface area contributed by atoms with E-state index in [4.69, 9.17) is 4.74 Å². The first-order valence-electron chi connectivity index (χ1n) is 12.7. The topological polar surface area (TPSA) is 63.2 Å². The van der Waals surface area contributed by atoms with Gasteiger partial charge < -0.3 is 14.2 Å². The van der Waals surface area contributed by atoms with E-state index < -0.39 is 6.04 Å². The quantitative estimate of drug-likeness (QED) is 0.429. The molecular formula is C30H34N4O2. The summed E-state index contributed by atoms with van der Waals surface area (Å²) in [7, 11) is 0. The van der Waals surface area contributed by atoms with Crippen LogP contribution in [0.15, 0.2) is 72.8 Å². The summed E-state index contributed by atoms with van der Waals surface area (Å²) in [5.74, 6) is 0.0447. The summed E-state index contributed by atoms with van der Waals surface area (Å²) >= 11 is 0. The number of nitrogens with one attached hydrogen (secondary N) is 1. The molecule has 6 heteroatoms. The van der Waals surface area contributed by atoms with Crippen molar-refractivity contribution >= 4 is 16.9 Å². The normalized spacial score (nSPS) is 15.7. The standard InChI is InChI=1S/C30H34N4O2/c1-21-8-12-24(13-9-21)20-28(29(35)32-16-18-36-19-17-32)34-27-7-5-4-6-26(27)33(30(34)31)23(3)25-14-10-22(2)11-15-25/h4-15,23,28,31H,16-20H2,1-3H3. The van der Waals surface area contributed by atoms with Crippen molar-refractivity contribution in [2.24, 2.45) is 0 Å². The largest absolute Gasteiger partial charge is 0.378 e. The number of imidazole rings is 1. The van der Waals surface area contributed by atoms with Crippen molar-refractivity contribution < 1.29 is 9.53 Å². The number of nitrogens with zero attached hydrogens (tertiary/aromatic N) is 3. The minimum atomic E-state index is -0.519. The summed E-state index contributed by atoms with van der Waals surface area (Å²) in [6.07, 6.45) is 0.528. The van der Waals surface area contributed by atoms with Crippen molar-refractivity contribution in [2.75, 3.05) is 26.3 Å². The second kappa shape index (κ2) is 10.2. The lowest BCUT2D eigenvalue weighted by Gasteiger charge is -2.31. The van der Waals surface area contributed by atoms with E-state index in [0.29, 0.717) is 38.3 Å². The summed E-state index contributed by atoms with van der Waals surface area (Å²) in [5, 5.41) is 9.37. The Labute approximate surface area is 212 Å². The van der Waals surface area contributed by atoms with Gasteiger partial charge in [-0.05, 0) is 44.0 Å². The molecule has 1 fully saturated rings. The number of fused-ring (bicyclic) bond motifs is 1. The summed E-state index contributed by atoms with van der Waals surface area (Å²) < 4.78 is 9.50. The Morgan fingerprint density at radius 3 is 2.03 bits per heavy atom. The first-order chi connectivity index (χ1) is 17.4. The van der Waals surface area contributed by atoms with Crippen molar-refractivity contribution in [3.8, 4) is 0 Å². The van der Waals surface area contributed by atoms with Crippen LogP contribution < -0.4 is 5.62 Å². The average Bonchev–Trinajstić information content (AvgIpc) is 3.20. The van der Waals surface area contributed by atoms with Gasteiger partial charge in [0, 0.05) is 19.5 Å². The molecular weight excluding hydrogens is 448 g/mol. The maximum absolute atomic E-state index is 14.0. The van der Waals surface area contributed by atoms with E-state index in [1.807, 2.05) is 27.7 Å². The molecule has 4 aromatic rings. The fourth-order valence-corrected chi connectivity index (χ4v) is 5.15. The van der Waals surface area contributed by atoms with Crippen molar-refractivity contribution in [1.82, 2.24) is 14.0 Å². The van der Waals surface area contributed by atoms with Crippen molar-refractivity contribution in [1.29, 1.82) is 5.41 Å². The number of carbonyl (C=O) groups excluding carboxylic acids is 1. The van der Waals surface area contributed by atoms with E-state index in [9.17, 15) is 10.2 Å². The molecule has 0 radical (unpaired) electrons. The first kappa shape index (κ1) is 24.1. The Kier molecular flexibility index (Phi) is 6.79. The third-order valence-electron chi connectivity index (χ3n) is 7.27. The van der Waals surface area contributed by atoms with Gasteiger partial charge >= 0.3 is 0 Å². The Hall–Kier alpha value is -3.64. The number of amides is 1. The first-order valence-corrected chi connectivity index (χ1v) is 12.7. The molecule has 0 spiro atoms. The molecule has 1 N–H and O–H groups in total. The number of hydrogen-bond donors (Lipinski definition) is 1. The molecule has 5 rings (SSSR count). The van der Waals surface area contributed by atoms with Gasteiger partial charge in [-0.3, -0.25) is 14.8 Å². The van der Waals surface area contributed by atoms with Gasteiger partial charge in [-0.2, -0.15) is 0 Å². The van der Waals surface area contributed by atoms with Gasteiger partial charge in [0.25, 0.3) is 0 Å². The van der Waals surface area contributed by atoms with Crippen molar-refractivity contribution in [3.05, 3.63) is 101 Å². The van der Waals surface area contributed by atoms with Crippen LogP contribution in [-0.4, -0.2) is 46.2 Å². The smallest absolute Gasteiger partial charge is 0.246 e. The zero-order chi connectivity index (χ0) is 25.2. The van der Waals surface area contributed by atoms with E-state index in [1.165, 1.54) is 11.1 Å². The fraction of sp³-hybridized carbons (Fsp3) is 0.333. The van der Waals surface area contributed by atoms with E-state index in [-0.39, 0.29) is 11.9 Å². The molecule has 1 aliphatic rings. The molecule has 0 bridgehead atoms. The SMILES string of the molecule is Cc1ccc(CC(C(=O)N2CCOCC2)n2c(=N)n(C(C)c3ccc(C)cc3)c3ccccc32)cc1. The average molecular weight is 483 g/mol. The van der Waals surface area contributed by atoms with Crippen LogP contribution in [0.1, 0.15) is 41.3 Å². The van der Waals surface area contributed by atoms with Crippen LogP contribution in [0.4, 0.5) is 0 Å². The van der Waals surface area contributed by atoms with Gasteiger partial charge in [0.2, 0.25) is 11.5 Å². The van der Waals surface area contributed by atoms with Crippen molar-refractivity contribution in [3.63, 3.8) is 0 Å². The second-order valence-electron chi connectivity index (χ2n) is 9.78. The molecule has 1 amide bonds. The van der Waals surface area contributed by atoms with Gasteiger partial charge in [0.1, 0.15) is 6.04 Å². The number of rotatable bonds is 6. The number of ether oxygens (including phenoxy) is 1. The van der Waals surface area contributed by atoms with Crippen LogP contribution in [0.3, 0.4) is 0 Å². The molecule has 2 unspecified atom stereocenters. The summed E-state index contributed by atoms with van der Waals surface area (Å²) in [6, 6.07) is 24.3. The third kappa shape index (κ3) is 4.61. The maximum atomic E-state index is 14.0. The van der Waals surface area contributed by atoms with Crippen LogP contribution in [0, 0.1) is 19.3 Å². The predicted molar refractivity (Wildman–Crippen MR) is 142 cm³/mol. The van der Waals surface area contributed by atoms with E-state index in [2.05, 4.69) is 79.9 Å². The molecule has 186 valence electrons. The lowest BCUT2D eigenvalue weighted by molar-refractivity contribution is -0.138. The molecule has 1 saturated heterocycles. The Balaban J connectivity index is 1.65. The molecule has 1 aromatic heterocycles. The molecule has 2 heterocycles. The summed E-state index contributed by atoms with van der Waals surface area (Å²) in [4.78, 5) is 15.9. The van der Waals surface area contributed by atoms with Crippen LogP contribution in [0.25, 0.3) is 11.0 Å². The number of benzene rings is 3. The van der Waals surface area contributed by atoms with E-state index in [0.717, 1.165) is 22.2 Å². The monoisotopic (exact) mass is 482 g/mol. The highest BCUT2D eigenvalue weighted by molar-refractivity contribution is 5.84. The van der Waals surface area contributed by atoms with Gasteiger partial charge in [-0.15, -0.1) is 0 Å². The summed E-state index contributed by atoms with van der Waals surface area (Å²) in [5.41, 5.74) is 6.81. The molecule has 0 saturated carbocycles. The van der Waals surface area contributed by atoms with E-state index in [1.54, 1.807) is 0 Å².